The van der Waals surface area contributed by atoms with Gasteiger partial charge in [-0.1, -0.05) is 47.5 Å². The molecule has 0 fully saturated rings. The van der Waals surface area contributed by atoms with Crippen LogP contribution in [0.4, 0.5) is 0 Å². The van der Waals surface area contributed by atoms with Crippen LogP contribution < -0.4 is 10.2 Å². The van der Waals surface area contributed by atoms with Crippen LogP contribution >= 0.6 is 23.2 Å². The smallest absolute Gasteiger partial charge is 0.331 e. The van der Waals surface area contributed by atoms with E-state index >= 15 is 0 Å². The Bertz CT molecular complexity index is 1540. The number of hydrogen-bond acceptors (Lipinski definition) is 6. The van der Waals surface area contributed by atoms with Gasteiger partial charge in [0.1, 0.15) is 12.1 Å². The fraction of sp³-hybridized carbons (Fsp3) is 0.0400. The van der Waals surface area contributed by atoms with Crippen LogP contribution in [0.5, 0.6) is 5.75 Å². The predicted octanol–water partition coefficient (Wildman–Crippen LogP) is 4.97. The number of amides is 2. The number of esters is 1. The summed E-state index contributed by atoms with van der Waals surface area (Å²) >= 11 is 12.3. The number of hydrogen-bond donors (Lipinski definition) is 0. The number of para-hydroxylation sites is 1. The summed E-state index contributed by atoms with van der Waals surface area (Å²) in [6, 6.07) is 17.2. The second kappa shape index (κ2) is 8.44. The molecule has 0 bridgehead atoms. The summed E-state index contributed by atoms with van der Waals surface area (Å²) in [5, 5.41) is 0.712. The summed E-state index contributed by atoms with van der Waals surface area (Å²) in [7, 11) is 0. The number of imide groups is 1. The molecule has 0 radical (unpaired) electrons. The molecule has 0 aliphatic carbocycles. The third kappa shape index (κ3) is 3.65. The minimum atomic E-state index is -0.997. The minimum Gasteiger partial charge on any atom is -0.452 e. The molecule has 0 atom stereocenters. The topological polar surface area (TPSA) is 93.9 Å². The van der Waals surface area contributed by atoms with Gasteiger partial charge in [0.05, 0.1) is 21.5 Å². The van der Waals surface area contributed by atoms with Gasteiger partial charge in [0.15, 0.2) is 5.76 Å². The lowest BCUT2D eigenvalue weighted by atomic mass is 10.1. The maximum Gasteiger partial charge on any atom is 0.331 e. The largest absolute Gasteiger partial charge is 0.452 e. The molecule has 4 aromatic rings. The average Bonchev–Trinajstić information content (AvgIpc) is 3.06. The standard InChI is InChI=1S/C25H13Cl2NO6/c26-13-9-10-16(18(27)11-13)22-23(21(30)17-7-3-4-8-19(17)33-22)34-20(29)12-28-24(31)14-5-1-2-6-15(14)25(28)32/h1-11H,12H2. The molecule has 168 valence electrons. The Morgan fingerprint density at radius 3 is 2.18 bits per heavy atom. The molecule has 5 rings (SSSR count). The maximum atomic E-state index is 13.2. The van der Waals surface area contributed by atoms with Gasteiger partial charge in [-0.15, -0.1) is 0 Å². The van der Waals surface area contributed by atoms with Crippen LogP contribution in [0.3, 0.4) is 0 Å². The Hall–Kier alpha value is -3.94. The third-order valence-corrected chi connectivity index (χ3v) is 5.86. The molecule has 2 amide bonds. The van der Waals surface area contributed by atoms with Crippen molar-refractivity contribution in [1.82, 2.24) is 4.90 Å². The van der Waals surface area contributed by atoms with Crippen LogP contribution in [0, 0.1) is 0 Å². The number of rotatable bonds is 4. The second-order valence-electron chi connectivity index (χ2n) is 7.43. The number of halogens is 2. The molecule has 0 saturated carbocycles. The Labute approximate surface area is 202 Å². The van der Waals surface area contributed by atoms with E-state index in [2.05, 4.69) is 0 Å². The van der Waals surface area contributed by atoms with Gasteiger partial charge in [-0.05, 0) is 42.5 Å². The fourth-order valence-electron chi connectivity index (χ4n) is 3.73. The molecule has 3 aromatic carbocycles. The zero-order chi connectivity index (χ0) is 24.0. The number of fused-ring (bicyclic) bond motifs is 2. The van der Waals surface area contributed by atoms with Gasteiger partial charge < -0.3 is 9.15 Å². The first-order chi connectivity index (χ1) is 16.3. The van der Waals surface area contributed by atoms with Gasteiger partial charge >= 0.3 is 5.97 Å². The van der Waals surface area contributed by atoms with E-state index in [0.717, 1.165) is 4.90 Å². The highest BCUT2D eigenvalue weighted by Crippen LogP contribution is 2.36. The molecule has 0 N–H and O–H groups in total. The van der Waals surface area contributed by atoms with Crippen molar-refractivity contribution in [2.45, 2.75) is 0 Å². The highest BCUT2D eigenvalue weighted by molar-refractivity contribution is 6.36. The SMILES string of the molecule is O=C(CN1C(=O)c2ccccc2C1=O)Oc1c(-c2ccc(Cl)cc2Cl)oc2ccccc2c1=O. The fourth-order valence-corrected chi connectivity index (χ4v) is 4.22. The van der Waals surface area contributed by atoms with Crippen LogP contribution in [0.1, 0.15) is 20.7 Å². The van der Waals surface area contributed by atoms with Crippen molar-refractivity contribution in [2.24, 2.45) is 0 Å². The molecule has 1 aromatic heterocycles. The first-order valence-corrected chi connectivity index (χ1v) is 10.8. The van der Waals surface area contributed by atoms with E-state index < -0.39 is 35.5 Å². The molecular formula is C25H13Cl2NO6. The van der Waals surface area contributed by atoms with Crippen LogP contribution in [0.25, 0.3) is 22.3 Å². The van der Waals surface area contributed by atoms with Crippen molar-refractivity contribution in [3.63, 3.8) is 0 Å². The van der Waals surface area contributed by atoms with Crippen molar-refractivity contribution >= 4 is 52.0 Å². The summed E-state index contributed by atoms with van der Waals surface area (Å²) in [4.78, 5) is 52.0. The van der Waals surface area contributed by atoms with E-state index in [1.54, 1.807) is 36.4 Å². The van der Waals surface area contributed by atoms with Crippen LogP contribution in [0.2, 0.25) is 10.0 Å². The summed E-state index contributed by atoms with van der Waals surface area (Å²) in [6.07, 6.45) is 0. The molecule has 1 aliphatic rings. The third-order valence-electron chi connectivity index (χ3n) is 5.31. The normalized spacial score (nSPS) is 12.8. The first-order valence-electron chi connectivity index (χ1n) is 10.0. The molecule has 9 heteroatoms. The molecule has 1 aliphatic heterocycles. The Kier molecular flexibility index (Phi) is 5.43. The lowest BCUT2D eigenvalue weighted by Crippen LogP contribution is -2.37. The van der Waals surface area contributed by atoms with E-state index in [0.29, 0.717) is 5.02 Å². The predicted molar refractivity (Wildman–Crippen MR) is 125 cm³/mol. The molecular weight excluding hydrogens is 481 g/mol. The molecule has 0 spiro atoms. The van der Waals surface area contributed by atoms with E-state index in [9.17, 15) is 19.2 Å². The molecule has 7 nitrogen and oxygen atoms in total. The van der Waals surface area contributed by atoms with Gasteiger partial charge in [-0.2, -0.15) is 0 Å². The van der Waals surface area contributed by atoms with Gasteiger partial charge in [-0.25, -0.2) is 4.79 Å². The second-order valence-corrected chi connectivity index (χ2v) is 8.27. The van der Waals surface area contributed by atoms with Gasteiger partial charge in [0, 0.05) is 10.6 Å². The lowest BCUT2D eigenvalue weighted by Gasteiger charge is -2.15. The highest BCUT2D eigenvalue weighted by atomic mass is 35.5. The minimum absolute atomic E-state index is 0.0823. The van der Waals surface area contributed by atoms with E-state index in [1.165, 1.54) is 30.3 Å². The van der Waals surface area contributed by atoms with E-state index in [4.69, 9.17) is 32.4 Å². The number of carbonyl (C=O) groups excluding carboxylic acids is 3. The summed E-state index contributed by atoms with van der Waals surface area (Å²) in [5.41, 5.74) is 0.308. The Morgan fingerprint density at radius 2 is 1.50 bits per heavy atom. The van der Waals surface area contributed by atoms with Crippen LogP contribution in [0.15, 0.2) is 75.9 Å². The van der Waals surface area contributed by atoms with Crippen molar-refractivity contribution in [3.8, 4) is 17.1 Å². The number of benzene rings is 3. The van der Waals surface area contributed by atoms with E-state index in [1.807, 2.05) is 0 Å². The monoisotopic (exact) mass is 493 g/mol. The van der Waals surface area contributed by atoms with Gasteiger partial charge in [0.2, 0.25) is 11.2 Å². The summed E-state index contributed by atoms with van der Waals surface area (Å²) in [6.45, 7) is -0.688. The van der Waals surface area contributed by atoms with Crippen molar-refractivity contribution < 1.29 is 23.5 Å². The van der Waals surface area contributed by atoms with Crippen molar-refractivity contribution in [3.05, 3.63) is 98.1 Å². The van der Waals surface area contributed by atoms with Gasteiger partial charge in [-0.3, -0.25) is 19.3 Å². The molecule has 0 saturated heterocycles. The van der Waals surface area contributed by atoms with Crippen molar-refractivity contribution in [1.29, 1.82) is 0 Å². The number of nitrogens with zero attached hydrogens (tertiary/aromatic N) is 1. The molecule has 0 unspecified atom stereocenters. The zero-order valence-corrected chi connectivity index (χ0v) is 18.7. The van der Waals surface area contributed by atoms with E-state index in [-0.39, 0.29) is 38.4 Å². The lowest BCUT2D eigenvalue weighted by molar-refractivity contribution is -0.134. The maximum absolute atomic E-state index is 13.2. The zero-order valence-electron chi connectivity index (χ0n) is 17.2. The average molecular weight is 494 g/mol. The quantitative estimate of drug-likeness (QED) is 0.294. The summed E-state index contributed by atoms with van der Waals surface area (Å²) < 4.78 is 11.3. The highest BCUT2D eigenvalue weighted by Gasteiger charge is 2.37. The van der Waals surface area contributed by atoms with Gasteiger partial charge in [0.25, 0.3) is 11.8 Å². The molecule has 2 heterocycles. The van der Waals surface area contributed by atoms with Crippen molar-refractivity contribution in [2.75, 3.05) is 6.54 Å². The molecule has 34 heavy (non-hydrogen) atoms. The Morgan fingerprint density at radius 1 is 0.853 bits per heavy atom. The number of carbonyl (C=O) groups is 3. The van der Waals surface area contributed by atoms with Crippen LogP contribution in [-0.2, 0) is 4.79 Å². The number of ether oxygens (including phenoxy) is 1. The Balaban J connectivity index is 1.54. The first kappa shape index (κ1) is 21.9. The van der Waals surface area contributed by atoms with Crippen LogP contribution in [-0.4, -0.2) is 29.2 Å². The summed E-state index contributed by atoms with van der Waals surface area (Å²) in [5.74, 6) is -2.73.